The maximum atomic E-state index is 12.8. The van der Waals surface area contributed by atoms with Gasteiger partial charge in [0, 0.05) is 35.6 Å². The van der Waals surface area contributed by atoms with Crippen molar-refractivity contribution in [2.24, 2.45) is 0 Å². The molecule has 0 aliphatic rings. The summed E-state index contributed by atoms with van der Waals surface area (Å²) in [6.45, 7) is 5.00. The number of H-pyrrole nitrogens is 1. The van der Waals surface area contributed by atoms with Gasteiger partial charge in [-0.3, -0.25) is 4.79 Å². The van der Waals surface area contributed by atoms with Crippen LogP contribution in [0.25, 0.3) is 27.7 Å². The third kappa shape index (κ3) is 4.10. The number of rotatable bonds is 6. The van der Waals surface area contributed by atoms with Crippen LogP contribution >= 0.6 is 0 Å². The van der Waals surface area contributed by atoms with Crippen LogP contribution in [-0.4, -0.2) is 48.7 Å². The zero-order valence-electron chi connectivity index (χ0n) is 17.7. The number of carbonyl (C=O) groups excluding carboxylic acids is 1. The van der Waals surface area contributed by atoms with E-state index in [4.69, 9.17) is 0 Å². The first-order valence-electron chi connectivity index (χ1n) is 10.1. The quantitative estimate of drug-likeness (QED) is 0.414. The highest BCUT2D eigenvalue weighted by Gasteiger charge is 2.37. The zero-order valence-corrected chi connectivity index (χ0v) is 17.7. The normalized spacial score (nSPS) is 13.9. The van der Waals surface area contributed by atoms with Gasteiger partial charge in [0.2, 0.25) is 5.95 Å². The van der Waals surface area contributed by atoms with Crippen LogP contribution in [0.1, 0.15) is 37.6 Å². The lowest BCUT2D eigenvalue weighted by molar-refractivity contribution is -0.149. The first-order valence-corrected chi connectivity index (χ1v) is 10.1. The third-order valence-corrected chi connectivity index (χ3v) is 5.34. The molecule has 2 atom stereocenters. The van der Waals surface area contributed by atoms with Gasteiger partial charge in [-0.05, 0) is 38.0 Å². The van der Waals surface area contributed by atoms with Crippen molar-refractivity contribution >= 4 is 28.4 Å². The fourth-order valence-corrected chi connectivity index (χ4v) is 3.22. The second-order valence-electron chi connectivity index (χ2n) is 7.65. The van der Waals surface area contributed by atoms with Crippen LogP contribution < -0.4 is 10.6 Å². The average Bonchev–Trinajstić information content (AvgIpc) is 3.36. The fraction of sp³-hybridized carbons (Fsp3) is 0.333. The van der Waals surface area contributed by atoms with Crippen molar-refractivity contribution in [3.63, 3.8) is 0 Å². The van der Waals surface area contributed by atoms with Crippen molar-refractivity contribution < 1.29 is 18.0 Å². The molecule has 11 heteroatoms. The van der Waals surface area contributed by atoms with E-state index >= 15 is 0 Å². The number of anilines is 1. The Morgan fingerprint density at radius 3 is 2.78 bits per heavy atom. The van der Waals surface area contributed by atoms with Crippen molar-refractivity contribution in [2.75, 3.05) is 5.32 Å². The smallest absolute Gasteiger partial charge is 0.352 e. The van der Waals surface area contributed by atoms with Gasteiger partial charge in [-0.25, -0.2) is 9.50 Å². The van der Waals surface area contributed by atoms with Crippen molar-refractivity contribution in [3.05, 3.63) is 42.5 Å². The number of aromatic nitrogens is 5. The van der Waals surface area contributed by atoms with E-state index in [2.05, 4.69) is 32.3 Å². The Bertz CT molecular complexity index is 1280. The van der Waals surface area contributed by atoms with Crippen LogP contribution in [0.2, 0.25) is 0 Å². The average molecular weight is 445 g/mol. The molecule has 0 fully saturated rings. The van der Waals surface area contributed by atoms with E-state index in [1.165, 1.54) is 10.7 Å². The van der Waals surface area contributed by atoms with Gasteiger partial charge < -0.3 is 15.6 Å². The summed E-state index contributed by atoms with van der Waals surface area (Å²) in [7, 11) is 0. The van der Waals surface area contributed by atoms with E-state index < -0.39 is 18.1 Å². The zero-order chi connectivity index (χ0) is 23.0. The summed E-state index contributed by atoms with van der Waals surface area (Å²) in [5.41, 5.74) is 2.63. The van der Waals surface area contributed by atoms with Gasteiger partial charge in [-0.2, -0.15) is 23.3 Å². The summed E-state index contributed by atoms with van der Waals surface area (Å²) < 4.78 is 39.9. The predicted octanol–water partition coefficient (Wildman–Crippen LogP) is 4.16. The van der Waals surface area contributed by atoms with E-state index in [1.807, 2.05) is 12.2 Å². The summed E-state index contributed by atoms with van der Waals surface area (Å²) in [6, 6.07) is 1.76. The molecule has 4 heterocycles. The van der Waals surface area contributed by atoms with Gasteiger partial charge >= 0.3 is 6.18 Å². The summed E-state index contributed by atoms with van der Waals surface area (Å²) in [5, 5.41) is 10.0. The molecule has 0 aliphatic heterocycles. The Labute approximate surface area is 181 Å². The van der Waals surface area contributed by atoms with E-state index in [0.29, 0.717) is 17.1 Å². The van der Waals surface area contributed by atoms with Gasteiger partial charge in [0.05, 0.1) is 17.3 Å². The maximum absolute atomic E-state index is 12.8. The highest BCUT2D eigenvalue weighted by molar-refractivity contribution is 6.02. The molecule has 4 rings (SSSR count). The number of carbonyl (C=O) groups is 1. The summed E-state index contributed by atoms with van der Waals surface area (Å²) >= 11 is 0. The summed E-state index contributed by atoms with van der Waals surface area (Å²) in [4.78, 5) is 24.4. The first-order chi connectivity index (χ1) is 15.2. The van der Waals surface area contributed by atoms with Crippen molar-refractivity contribution in [3.8, 4) is 11.1 Å². The molecule has 0 aliphatic carbocycles. The number of nitrogens with zero attached hydrogens (tertiary/aromatic N) is 4. The van der Waals surface area contributed by atoms with Crippen LogP contribution in [0.4, 0.5) is 19.1 Å². The summed E-state index contributed by atoms with van der Waals surface area (Å²) in [5.74, 6) is -0.325. The number of hydrogen-bond donors (Lipinski definition) is 3. The number of amides is 1. The molecule has 0 spiro atoms. The minimum Gasteiger partial charge on any atom is -0.352 e. The molecule has 0 radical (unpaired) electrons. The standard InChI is InChI=1S/C21H22F3N7O/c1-4-11(2)28-20-26-9-15-14(8-25-18(15)30-20)13-5-6-31-17(7-13)16(10-27-31)19(32)29-12(3)21(22,23)24/h5-12H,4H2,1-3H3,(H,29,32)(H2,25,26,28,30)/t11-,12?/m0/s1. The number of halogens is 3. The first kappa shape index (κ1) is 21.6. The van der Waals surface area contributed by atoms with Gasteiger partial charge in [0.25, 0.3) is 5.91 Å². The Hall–Kier alpha value is -3.63. The molecule has 8 nitrogen and oxygen atoms in total. The number of fused-ring (bicyclic) bond motifs is 2. The van der Waals surface area contributed by atoms with Crippen LogP contribution in [0.15, 0.2) is 36.9 Å². The SMILES string of the molecule is CC[C@H](C)Nc1ncc2c(-c3ccn4ncc(C(=O)NC(C)C(F)(F)F)c4c3)c[nH]c2n1. The van der Waals surface area contributed by atoms with Gasteiger partial charge in [-0.1, -0.05) is 6.92 Å². The molecular formula is C21H22F3N7O. The number of pyridine rings is 1. The molecule has 0 bridgehead atoms. The Morgan fingerprint density at radius 1 is 1.28 bits per heavy atom. The van der Waals surface area contributed by atoms with E-state index in [1.54, 1.807) is 30.7 Å². The van der Waals surface area contributed by atoms with Gasteiger partial charge in [0.1, 0.15) is 11.7 Å². The Kier molecular flexibility index (Phi) is 5.49. The summed E-state index contributed by atoms with van der Waals surface area (Å²) in [6.07, 6.45) is 2.78. The highest BCUT2D eigenvalue weighted by Crippen LogP contribution is 2.29. The molecule has 0 saturated carbocycles. The number of alkyl halides is 3. The van der Waals surface area contributed by atoms with Crippen LogP contribution in [0, 0.1) is 0 Å². The molecule has 0 aromatic carbocycles. The minimum atomic E-state index is -4.53. The van der Waals surface area contributed by atoms with Gasteiger partial charge in [-0.15, -0.1) is 0 Å². The molecule has 1 unspecified atom stereocenters. The maximum Gasteiger partial charge on any atom is 0.408 e. The topological polar surface area (TPSA) is 100 Å². The molecule has 1 amide bonds. The minimum absolute atomic E-state index is 0.0547. The Morgan fingerprint density at radius 2 is 2.06 bits per heavy atom. The Balaban J connectivity index is 1.67. The van der Waals surface area contributed by atoms with Crippen LogP contribution in [0.5, 0.6) is 0 Å². The molecule has 32 heavy (non-hydrogen) atoms. The second kappa shape index (κ2) is 8.13. The lowest BCUT2D eigenvalue weighted by Gasteiger charge is -2.16. The molecule has 3 N–H and O–H groups in total. The highest BCUT2D eigenvalue weighted by atomic mass is 19.4. The molecular weight excluding hydrogens is 423 g/mol. The van der Waals surface area contributed by atoms with E-state index in [0.717, 1.165) is 29.9 Å². The largest absolute Gasteiger partial charge is 0.408 e. The van der Waals surface area contributed by atoms with Crippen LogP contribution in [-0.2, 0) is 0 Å². The van der Waals surface area contributed by atoms with E-state index in [9.17, 15) is 18.0 Å². The fourth-order valence-electron chi connectivity index (χ4n) is 3.22. The lowest BCUT2D eigenvalue weighted by Crippen LogP contribution is -2.43. The predicted molar refractivity (Wildman–Crippen MR) is 114 cm³/mol. The lowest BCUT2D eigenvalue weighted by atomic mass is 10.1. The number of nitrogens with one attached hydrogen (secondary N) is 3. The number of aromatic amines is 1. The molecule has 168 valence electrons. The second-order valence-corrected chi connectivity index (χ2v) is 7.65. The molecule has 4 aromatic rings. The number of hydrogen-bond acceptors (Lipinski definition) is 5. The van der Waals surface area contributed by atoms with Crippen molar-refractivity contribution in [1.29, 1.82) is 0 Å². The molecule has 0 saturated heterocycles. The monoisotopic (exact) mass is 445 g/mol. The molecule has 4 aromatic heterocycles. The van der Waals surface area contributed by atoms with Crippen LogP contribution in [0.3, 0.4) is 0 Å². The van der Waals surface area contributed by atoms with Gasteiger partial charge in [0.15, 0.2) is 0 Å². The third-order valence-electron chi connectivity index (χ3n) is 5.34. The van der Waals surface area contributed by atoms with E-state index in [-0.39, 0.29) is 11.6 Å². The van der Waals surface area contributed by atoms with Crippen molar-refractivity contribution in [2.45, 2.75) is 45.5 Å². The van der Waals surface area contributed by atoms with Crippen molar-refractivity contribution in [1.82, 2.24) is 29.9 Å².